The molecule has 2 unspecified atom stereocenters. The van der Waals surface area contributed by atoms with Crippen molar-refractivity contribution in [2.45, 2.75) is 32.2 Å². The van der Waals surface area contributed by atoms with Gasteiger partial charge in [-0.15, -0.1) is 0 Å². The van der Waals surface area contributed by atoms with E-state index in [9.17, 15) is 9.59 Å². The van der Waals surface area contributed by atoms with Gasteiger partial charge in [-0.3, -0.25) is 4.79 Å². The second-order valence-corrected chi connectivity index (χ2v) is 4.87. The summed E-state index contributed by atoms with van der Waals surface area (Å²) >= 11 is 1.77. The summed E-state index contributed by atoms with van der Waals surface area (Å²) in [6.07, 6.45) is 2.36. The van der Waals surface area contributed by atoms with Crippen LogP contribution in [0.25, 0.3) is 0 Å². The van der Waals surface area contributed by atoms with E-state index in [0.29, 0.717) is 6.42 Å². The molecule has 0 bridgehead atoms. The molecule has 0 saturated carbocycles. The van der Waals surface area contributed by atoms with Gasteiger partial charge in [0.15, 0.2) is 0 Å². The second kappa shape index (κ2) is 6.00. The fraction of sp³-hybridized carbons (Fsp3) is 0.800. The Morgan fingerprint density at radius 1 is 1.60 bits per heavy atom. The van der Waals surface area contributed by atoms with Crippen molar-refractivity contribution >= 4 is 23.6 Å². The molecule has 1 aliphatic heterocycles. The first-order chi connectivity index (χ1) is 7.15. The summed E-state index contributed by atoms with van der Waals surface area (Å²) in [4.78, 5) is 22.4. The van der Waals surface area contributed by atoms with Crippen molar-refractivity contribution in [2.75, 3.05) is 11.5 Å². The molecule has 0 aliphatic carbocycles. The molecule has 1 rings (SSSR count). The van der Waals surface area contributed by atoms with Crippen LogP contribution >= 0.6 is 11.8 Å². The van der Waals surface area contributed by atoms with Gasteiger partial charge in [0.05, 0.1) is 0 Å². The van der Waals surface area contributed by atoms with Crippen LogP contribution in [0.1, 0.15) is 26.2 Å². The zero-order valence-electron chi connectivity index (χ0n) is 8.86. The minimum atomic E-state index is -0.950. The molecule has 0 aromatic rings. The van der Waals surface area contributed by atoms with Crippen LogP contribution in [0.4, 0.5) is 0 Å². The lowest BCUT2D eigenvalue weighted by molar-refractivity contribution is -0.142. The van der Waals surface area contributed by atoms with Gasteiger partial charge in [0.25, 0.3) is 0 Å². The molecule has 1 fully saturated rings. The molecule has 1 amide bonds. The Bertz CT molecular complexity index is 239. The van der Waals surface area contributed by atoms with Crippen LogP contribution in [-0.2, 0) is 9.59 Å². The number of amides is 1. The minimum Gasteiger partial charge on any atom is -0.480 e. The van der Waals surface area contributed by atoms with Gasteiger partial charge in [0, 0.05) is 11.7 Å². The van der Waals surface area contributed by atoms with Gasteiger partial charge < -0.3 is 10.4 Å². The van der Waals surface area contributed by atoms with E-state index in [1.54, 1.807) is 18.7 Å². The first-order valence-corrected chi connectivity index (χ1v) is 6.41. The Kier molecular flexibility index (Phi) is 4.94. The van der Waals surface area contributed by atoms with E-state index >= 15 is 0 Å². The number of carboxylic acids is 1. The van der Waals surface area contributed by atoms with Gasteiger partial charge in [-0.1, -0.05) is 6.92 Å². The third kappa shape index (κ3) is 3.74. The average Bonchev–Trinajstić information content (AvgIpc) is 2.26. The molecule has 0 aromatic carbocycles. The SMILES string of the molecule is CCC(NC(=O)C1CCCSC1)C(=O)O. The molecular formula is C10H17NO3S. The van der Waals surface area contributed by atoms with Gasteiger partial charge in [-0.2, -0.15) is 11.8 Å². The predicted octanol–water partition coefficient (Wildman–Crippen LogP) is 1.11. The zero-order valence-corrected chi connectivity index (χ0v) is 9.68. The second-order valence-electron chi connectivity index (χ2n) is 3.72. The van der Waals surface area contributed by atoms with Crippen molar-refractivity contribution in [3.05, 3.63) is 0 Å². The Hall–Kier alpha value is -0.710. The number of carboxylic acid groups (broad SMARTS) is 1. The lowest BCUT2D eigenvalue weighted by Crippen LogP contribution is -2.44. The maximum Gasteiger partial charge on any atom is 0.326 e. The Morgan fingerprint density at radius 2 is 2.33 bits per heavy atom. The van der Waals surface area contributed by atoms with E-state index in [4.69, 9.17) is 5.11 Å². The Labute approximate surface area is 93.8 Å². The molecule has 1 saturated heterocycles. The number of hydrogen-bond donors (Lipinski definition) is 2. The first kappa shape index (κ1) is 12.4. The van der Waals surface area contributed by atoms with Crippen LogP contribution in [0.2, 0.25) is 0 Å². The lowest BCUT2D eigenvalue weighted by atomic mass is 10.0. The van der Waals surface area contributed by atoms with E-state index in [-0.39, 0.29) is 11.8 Å². The molecule has 4 nitrogen and oxygen atoms in total. The Balaban J connectivity index is 2.42. The highest BCUT2D eigenvalue weighted by Gasteiger charge is 2.25. The maximum absolute atomic E-state index is 11.7. The summed E-state index contributed by atoms with van der Waals surface area (Å²) < 4.78 is 0. The fourth-order valence-electron chi connectivity index (χ4n) is 1.58. The van der Waals surface area contributed by atoms with Crippen LogP contribution in [-0.4, -0.2) is 34.5 Å². The largest absolute Gasteiger partial charge is 0.480 e. The zero-order chi connectivity index (χ0) is 11.3. The van der Waals surface area contributed by atoms with Crippen molar-refractivity contribution in [2.24, 2.45) is 5.92 Å². The van der Waals surface area contributed by atoms with E-state index in [0.717, 1.165) is 24.3 Å². The molecule has 0 spiro atoms. The molecular weight excluding hydrogens is 214 g/mol. The number of aliphatic carboxylic acids is 1. The smallest absolute Gasteiger partial charge is 0.326 e. The standard InChI is InChI=1S/C10H17NO3S/c1-2-8(10(13)14)11-9(12)7-4-3-5-15-6-7/h7-8H,2-6H2,1H3,(H,11,12)(H,13,14). The van der Waals surface area contributed by atoms with Gasteiger partial charge in [-0.05, 0) is 25.0 Å². The van der Waals surface area contributed by atoms with E-state index < -0.39 is 12.0 Å². The summed E-state index contributed by atoms with van der Waals surface area (Å²) in [5.41, 5.74) is 0. The predicted molar refractivity (Wildman–Crippen MR) is 59.9 cm³/mol. The minimum absolute atomic E-state index is 0.00264. The van der Waals surface area contributed by atoms with Crippen molar-refractivity contribution < 1.29 is 14.7 Å². The third-order valence-electron chi connectivity index (χ3n) is 2.55. The van der Waals surface area contributed by atoms with Gasteiger partial charge in [0.2, 0.25) is 5.91 Å². The number of carbonyl (C=O) groups excluding carboxylic acids is 1. The third-order valence-corrected chi connectivity index (χ3v) is 3.77. The van der Waals surface area contributed by atoms with Gasteiger partial charge in [0.1, 0.15) is 6.04 Å². The summed E-state index contributed by atoms with van der Waals surface area (Å²) in [6, 6.07) is -0.732. The maximum atomic E-state index is 11.7. The van der Waals surface area contributed by atoms with Crippen LogP contribution in [0.15, 0.2) is 0 Å². The highest BCUT2D eigenvalue weighted by Crippen LogP contribution is 2.22. The number of carbonyl (C=O) groups is 2. The summed E-state index contributed by atoms with van der Waals surface area (Å²) in [7, 11) is 0. The van der Waals surface area contributed by atoms with Crippen LogP contribution < -0.4 is 5.32 Å². The van der Waals surface area contributed by atoms with Crippen LogP contribution in [0.5, 0.6) is 0 Å². The Morgan fingerprint density at radius 3 is 2.80 bits per heavy atom. The summed E-state index contributed by atoms with van der Waals surface area (Å²) in [5, 5.41) is 11.4. The number of thioether (sulfide) groups is 1. The quantitative estimate of drug-likeness (QED) is 0.760. The molecule has 2 atom stereocenters. The van der Waals surface area contributed by atoms with Gasteiger partial charge >= 0.3 is 5.97 Å². The molecule has 5 heteroatoms. The monoisotopic (exact) mass is 231 g/mol. The summed E-state index contributed by atoms with van der Waals surface area (Å²) in [5.74, 6) is 0.879. The van der Waals surface area contributed by atoms with Crippen molar-refractivity contribution in [1.82, 2.24) is 5.32 Å². The topological polar surface area (TPSA) is 66.4 Å². The highest BCUT2D eigenvalue weighted by atomic mass is 32.2. The van der Waals surface area contributed by atoms with Gasteiger partial charge in [-0.25, -0.2) is 4.79 Å². The summed E-state index contributed by atoms with van der Waals surface area (Å²) in [6.45, 7) is 1.76. The van der Waals surface area contributed by atoms with Crippen molar-refractivity contribution in [3.63, 3.8) is 0 Å². The fourth-order valence-corrected chi connectivity index (χ4v) is 2.72. The van der Waals surface area contributed by atoms with Crippen molar-refractivity contribution in [3.8, 4) is 0 Å². The van der Waals surface area contributed by atoms with E-state index in [1.165, 1.54) is 0 Å². The molecule has 0 aromatic heterocycles. The molecule has 1 heterocycles. The molecule has 86 valence electrons. The molecule has 0 radical (unpaired) electrons. The first-order valence-electron chi connectivity index (χ1n) is 5.26. The van der Waals surface area contributed by atoms with Crippen molar-refractivity contribution in [1.29, 1.82) is 0 Å². The molecule has 15 heavy (non-hydrogen) atoms. The van der Waals surface area contributed by atoms with E-state index in [2.05, 4.69) is 5.32 Å². The molecule has 2 N–H and O–H groups in total. The van der Waals surface area contributed by atoms with Crippen LogP contribution in [0.3, 0.4) is 0 Å². The normalized spacial score (nSPS) is 23.1. The van der Waals surface area contributed by atoms with Crippen LogP contribution in [0, 0.1) is 5.92 Å². The highest BCUT2D eigenvalue weighted by molar-refractivity contribution is 7.99. The number of hydrogen-bond acceptors (Lipinski definition) is 3. The number of rotatable bonds is 4. The number of nitrogens with one attached hydrogen (secondary N) is 1. The van der Waals surface area contributed by atoms with E-state index in [1.807, 2.05) is 0 Å². The lowest BCUT2D eigenvalue weighted by Gasteiger charge is -2.22. The average molecular weight is 231 g/mol. The molecule has 1 aliphatic rings.